The zero-order valence-corrected chi connectivity index (χ0v) is 16.0. The first-order valence-corrected chi connectivity index (χ1v) is 8.79. The van der Waals surface area contributed by atoms with Gasteiger partial charge in [-0.25, -0.2) is 0 Å². The molecule has 0 radical (unpaired) electrons. The first-order valence-electron chi connectivity index (χ1n) is 8.79. The van der Waals surface area contributed by atoms with Gasteiger partial charge in [-0.05, 0) is 38.0 Å². The summed E-state index contributed by atoms with van der Waals surface area (Å²) in [6.07, 6.45) is 2.09. The highest BCUT2D eigenvalue weighted by Gasteiger charge is 2.19. The van der Waals surface area contributed by atoms with Crippen molar-refractivity contribution in [1.82, 2.24) is 20.1 Å². The van der Waals surface area contributed by atoms with E-state index in [1.54, 1.807) is 37.2 Å². The van der Waals surface area contributed by atoms with Crippen LogP contribution in [0.4, 0.5) is 0 Å². The van der Waals surface area contributed by atoms with Gasteiger partial charge in [-0.3, -0.25) is 14.3 Å². The number of aromatic nitrogens is 3. The smallest absolute Gasteiger partial charge is 0.253 e. The molecule has 0 aromatic carbocycles. The van der Waals surface area contributed by atoms with Crippen LogP contribution in [-0.4, -0.2) is 34.4 Å². The molecule has 0 saturated heterocycles. The van der Waals surface area contributed by atoms with E-state index >= 15 is 0 Å². The second-order valence-electron chi connectivity index (χ2n) is 6.58. The van der Waals surface area contributed by atoms with E-state index in [1.807, 2.05) is 13.8 Å². The molecule has 1 amide bonds. The summed E-state index contributed by atoms with van der Waals surface area (Å²) in [5.74, 6) is 0.460. The van der Waals surface area contributed by atoms with Gasteiger partial charge in [0, 0.05) is 31.5 Å². The lowest BCUT2D eigenvalue weighted by Gasteiger charge is -2.16. The van der Waals surface area contributed by atoms with Gasteiger partial charge in [0.2, 0.25) is 5.91 Å². The number of nitrogens with zero attached hydrogens (tertiary/aromatic N) is 2. The highest BCUT2D eigenvalue weighted by atomic mass is 16.5. The van der Waals surface area contributed by atoms with Crippen LogP contribution >= 0.6 is 0 Å². The zero-order chi connectivity index (χ0) is 19.6. The van der Waals surface area contributed by atoms with Gasteiger partial charge in [0.1, 0.15) is 17.4 Å². The summed E-state index contributed by atoms with van der Waals surface area (Å²) in [6, 6.07) is 3.19. The molecule has 1 unspecified atom stereocenters. The molecule has 3 heterocycles. The monoisotopic (exact) mass is 372 g/mol. The van der Waals surface area contributed by atoms with Crippen molar-refractivity contribution in [3.05, 3.63) is 51.3 Å². The summed E-state index contributed by atoms with van der Waals surface area (Å²) in [7, 11) is 3.36. The third-order valence-corrected chi connectivity index (χ3v) is 4.71. The Morgan fingerprint density at radius 2 is 2.22 bits per heavy atom. The molecular formula is C19H24N4O4. The molecular weight excluding hydrogens is 348 g/mol. The van der Waals surface area contributed by atoms with Crippen LogP contribution in [0.5, 0.6) is 0 Å². The molecule has 2 N–H and O–H groups in total. The first-order chi connectivity index (χ1) is 12.9. The van der Waals surface area contributed by atoms with Crippen molar-refractivity contribution in [1.29, 1.82) is 0 Å². The minimum absolute atomic E-state index is 0.171. The molecule has 3 aromatic heterocycles. The predicted octanol–water partition coefficient (Wildman–Crippen LogP) is 1.91. The van der Waals surface area contributed by atoms with Gasteiger partial charge in [-0.15, -0.1) is 0 Å². The first kappa shape index (κ1) is 18.9. The van der Waals surface area contributed by atoms with E-state index in [9.17, 15) is 9.59 Å². The number of carbonyl (C=O) groups is 1. The Kier molecular flexibility index (Phi) is 5.46. The molecule has 27 heavy (non-hydrogen) atoms. The lowest BCUT2D eigenvalue weighted by molar-refractivity contribution is -0.122. The maximum Gasteiger partial charge on any atom is 0.253 e. The average Bonchev–Trinajstić information content (AvgIpc) is 3.23. The summed E-state index contributed by atoms with van der Waals surface area (Å²) in [5.41, 5.74) is 2.84. The van der Waals surface area contributed by atoms with Gasteiger partial charge < -0.3 is 19.5 Å². The molecule has 8 heteroatoms. The molecule has 0 aliphatic rings. The molecule has 0 aliphatic heterocycles. The van der Waals surface area contributed by atoms with Crippen LogP contribution in [0.15, 0.2) is 27.6 Å². The molecule has 0 fully saturated rings. The van der Waals surface area contributed by atoms with Crippen molar-refractivity contribution in [2.24, 2.45) is 7.05 Å². The van der Waals surface area contributed by atoms with Crippen molar-refractivity contribution in [2.45, 2.75) is 32.7 Å². The van der Waals surface area contributed by atoms with Crippen molar-refractivity contribution < 1.29 is 13.9 Å². The van der Waals surface area contributed by atoms with Crippen molar-refractivity contribution in [2.75, 3.05) is 13.7 Å². The van der Waals surface area contributed by atoms with E-state index in [-0.39, 0.29) is 23.9 Å². The number of carbonyl (C=O) groups excluding carboxylic acids is 1. The van der Waals surface area contributed by atoms with E-state index in [0.717, 1.165) is 16.6 Å². The van der Waals surface area contributed by atoms with Gasteiger partial charge in [-0.1, -0.05) is 0 Å². The summed E-state index contributed by atoms with van der Waals surface area (Å²) >= 11 is 0. The summed E-state index contributed by atoms with van der Waals surface area (Å²) in [4.78, 5) is 27.8. The Morgan fingerprint density at radius 1 is 1.44 bits per heavy atom. The zero-order valence-electron chi connectivity index (χ0n) is 16.0. The average molecular weight is 372 g/mol. The Morgan fingerprint density at radius 3 is 2.89 bits per heavy atom. The second kappa shape index (κ2) is 7.79. The maximum absolute atomic E-state index is 12.5. The van der Waals surface area contributed by atoms with Gasteiger partial charge in [0.25, 0.3) is 5.56 Å². The molecule has 0 saturated carbocycles. The van der Waals surface area contributed by atoms with Crippen LogP contribution in [0.3, 0.4) is 0 Å². The van der Waals surface area contributed by atoms with Crippen LogP contribution in [0.25, 0.3) is 11.0 Å². The number of aryl methyl sites for hydroxylation is 3. The number of methoxy groups -OCH3 is 1. The summed E-state index contributed by atoms with van der Waals surface area (Å²) in [6.45, 7) is 4.11. The number of hydrogen-bond donors (Lipinski definition) is 2. The van der Waals surface area contributed by atoms with Gasteiger partial charge in [-0.2, -0.15) is 5.10 Å². The highest BCUT2D eigenvalue weighted by Crippen LogP contribution is 2.21. The van der Waals surface area contributed by atoms with Crippen molar-refractivity contribution >= 4 is 16.9 Å². The van der Waals surface area contributed by atoms with Crippen LogP contribution in [0, 0.1) is 13.8 Å². The lowest BCUT2D eigenvalue weighted by Crippen LogP contribution is -2.31. The number of pyridine rings is 1. The maximum atomic E-state index is 12.5. The van der Waals surface area contributed by atoms with Gasteiger partial charge >= 0.3 is 0 Å². The van der Waals surface area contributed by atoms with Crippen LogP contribution < -0.4 is 10.9 Å². The Balaban J connectivity index is 1.75. The quantitative estimate of drug-likeness (QED) is 0.660. The number of hydrogen-bond acceptors (Lipinski definition) is 5. The number of ether oxygens (including phenoxy) is 1. The largest absolute Gasteiger partial charge is 0.467 e. The number of amides is 1. The molecule has 3 rings (SSSR count). The van der Waals surface area contributed by atoms with Crippen molar-refractivity contribution in [3.8, 4) is 0 Å². The third kappa shape index (κ3) is 3.80. The molecule has 0 aliphatic carbocycles. The molecule has 144 valence electrons. The van der Waals surface area contributed by atoms with Gasteiger partial charge in [0.15, 0.2) is 0 Å². The fourth-order valence-electron chi connectivity index (χ4n) is 3.41. The van der Waals surface area contributed by atoms with Crippen LogP contribution in [-0.2, 0) is 23.0 Å². The minimum Gasteiger partial charge on any atom is -0.467 e. The van der Waals surface area contributed by atoms with E-state index in [2.05, 4.69) is 15.4 Å². The molecule has 0 spiro atoms. The molecule has 0 bridgehead atoms. The Bertz CT molecular complexity index is 1000. The Hall–Kier alpha value is -2.87. The highest BCUT2D eigenvalue weighted by molar-refractivity contribution is 5.83. The standard InChI is InChI=1S/C19H24N4O4/c1-11-13(19(25)21-18-17(11)12(2)22-23(18)3)7-8-16(24)20-14(10-26-4)15-6-5-9-27-15/h5-6,9,14H,7-8,10H2,1-4H3,(H,20,24)(H,21,25). The fraction of sp³-hybridized carbons (Fsp3) is 0.421. The Labute approximate surface area is 156 Å². The van der Waals surface area contributed by atoms with E-state index < -0.39 is 0 Å². The van der Waals surface area contributed by atoms with Crippen LogP contribution in [0.2, 0.25) is 0 Å². The lowest BCUT2D eigenvalue weighted by atomic mass is 10.0. The normalized spacial score (nSPS) is 12.4. The predicted molar refractivity (Wildman–Crippen MR) is 101 cm³/mol. The number of rotatable bonds is 7. The topological polar surface area (TPSA) is 102 Å². The van der Waals surface area contributed by atoms with Gasteiger partial charge in [0.05, 0.1) is 18.6 Å². The second-order valence-corrected chi connectivity index (χ2v) is 6.58. The molecule has 8 nitrogen and oxygen atoms in total. The molecule has 1 atom stereocenters. The third-order valence-electron chi connectivity index (χ3n) is 4.71. The summed E-state index contributed by atoms with van der Waals surface area (Å²) < 4.78 is 12.2. The van der Waals surface area contributed by atoms with E-state index in [1.165, 1.54) is 0 Å². The van der Waals surface area contributed by atoms with Crippen molar-refractivity contribution in [3.63, 3.8) is 0 Å². The minimum atomic E-state index is -0.361. The number of fused-ring (bicyclic) bond motifs is 1. The number of nitrogens with one attached hydrogen (secondary N) is 2. The number of H-pyrrole nitrogens is 1. The fourth-order valence-corrected chi connectivity index (χ4v) is 3.41. The van der Waals surface area contributed by atoms with E-state index in [0.29, 0.717) is 30.0 Å². The molecule has 3 aromatic rings. The summed E-state index contributed by atoms with van der Waals surface area (Å²) in [5, 5.41) is 8.19. The SMILES string of the molecule is COCC(NC(=O)CCc1c(C)c2c(C)nn(C)c2[nH]c1=O)c1ccco1. The number of furan rings is 1. The number of aromatic amines is 1. The van der Waals surface area contributed by atoms with E-state index in [4.69, 9.17) is 9.15 Å². The van der Waals surface area contributed by atoms with Crippen LogP contribution in [0.1, 0.15) is 35.0 Å².